The maximum Gasteiger partial charge on any atom is 0.349 e. The van der Waals surface area contributed by atoms with Crippen LogP contribution in [0.2, 0.25) is 0 Å². The van der Waals surface area contributed by atoms with E-state index in [1.807, 2.05) is 30.3 Å². The maximum absolute atomic E-state index is 12.5. The molecule has 1 amide bonds. The Morgan fingerprint density at radius 1 is 1.10 bits per heavy atom. The van der Waals surface area contributed by atoms with Gasteiger partial charge in [-0.15, -0.1) is 11.3 Å². The second kappa shape index (κ2) is 9.52. The monoisotopic (exact) mass is 415 g/mol. The van der Waals surface area contributed by atoms with Gasteiger partial charge in [0, 0.05) is 6.08 Å². The number of anilines is 1. The highest BCUT2D eigenvalue weighted by atomic mass is 32.1. The number of hydrogen-bond donors (Lipinski definition) is 1. The van der Waals surface area contributed by atoms with Crippen molar-refractivity contribution in [2.75, 3.05) is 11.9 Å². The van der Waals surface area contributed by atoms with Crippen molar-refractivity contribution in [3.05, 3.63) is 58.0 Å². The van der Waals surface area contributed by atoms with Gasteiger partial charge in [0.2, 0.25) is 5.91 Å². The number of carbonyl (C=O) groups excluding carboxylic acids is 3. The van der Waals surface area contributed by atoms with Crippen LogP contribution in [0.5, 0.6) is 0 Å². The number of ether oxygens (including phenoxy) is 2. The van der Waals surface area contributed by atoms with Gasteiger partial charge in [-0.05, 0) is 51.8 Å². The molecular weight excluding hydrogens is 390 g/mol. The largest absolute Gasteiger partial charge is 0.462 e. The molecule has 0 radical (unpaired) electrons. The lowest BCUT2D eigenvalue weighted by Crippen LogP contribution is -2.23. The van der Waals surface area contributed by atoms with E-state index in [0.29, 0.717) is 5.56 Å². The molecule has 1 N–H and O–H groups in total. The van der Waals surface area contributed by atoms with Gasteiger partial charge in [0.05, 0.1) is 12.2 Å². The summed E-state index contributed by atoms with van der Waals surface area (Å²) in [5, 5.41) is 2.94. The van der Waals surface area contributed by atoms with E-state index in [1.54, 1.807) is 40.7 Å². The summed E-state index contributed by atoms with van der Waals surface area (Å²) in [6, 6.07) is 9.35. The molecule has 6 nitrogen and oxygen atoms in total. The molecule has 0 saturated heterocycles. The van der Waals surface area contributed by atoms with Gasteiger partial charge < -0.3 is 14.8 Å². The van der Waals surface area contributed by atoms with E-state index in [0.717, 1.165) is 16.9 Å². The Balaban J connectivity index is 2.32. The van der Waals surface area contributed by atoms with Crippen molar-refractivity contribution in [1.29, 1.82) is 0 Å². The summed E-state index contributed by atoms with van der Waals surface area (Å²) in [5.74, 6) is -1.57. The zero-order chi connectivity index (χ0) is 21.6. The molecule has 0 aliphatic carbocycles. The van der Waals surface area contributed by atoms with Crippen LogP contribution < -0.4 is 5.32 Å². The smallest absolute Gasteiger partial charge is 0.349 e. The number of carbonyl (C=O) groups is 3. The summed E-state index contributed by atoms with van der Waals surface area (Å²) < 4.78 is 10.5. The molecule has 0 fully saturated rings. The third-order valence-electron chi connectivity index (χ3n) is 3.67. The second-order valence-corrected chi connectivity index (χ2v) is 8.24. The number of benzene rings is 1. The van der Waals surface area contributed by atoms with Crippen LogP contribution in [0.1, 0.15) is 58.9 Å². The van der Waals surface area contributed by atoms with Crippen LogP contribution in [0.15, 0.2) is 36.4 Å². The molecule has 2 aromatic rings. The highest BCUT2D eigenvalue weighted by Crippen LogP contribution is 2.35. The molecule has 7 heteroatoms. The Labute approximate surface area is 174 Å². The summed E-state index contributed by atoms with van der Waals surface area (Å²) in [5.41, 5.74) is 0.772. The van der Waals surface area contributed by atoms with Gasteiger partial charge in [0.1, 0.15) is 15.5 Å². The molecule has 0 spiro atoms. The van der Waals surface area contributed by atoms with Crippen molar-refractivity contribution >= 4 is 40.3 Å². The third kappa shape index (κ3) is 6.29. The van der Waals surface area contributed by atoms with Crippen LogP contribution in [0.4, 0.5) is 5.00 Å². The van der Waals surface area contributed by atoms with Crippen molar-refractivity contribution in [2.45, 2.75) is 40.2 Å². The van der Waals surface area contributed by atoms with Gasteiger partial charge in [-0.3, -0.25) is 4.79 Å². The molecule has 1 heterocycles. The topological polar surface area (TPSA) is 81.7 Å². The first-order valence-corrected chi connectivity index (χ1v) is 10.0. The van der Waals surface area contributed by atoms with E-state index in [1.165, 1.54) is 6.08 Å². The van der Waals surface area contributed by atoms with Crippen LogP contribution in [-0.2, 0) is 14.3 Å². The third-order valence-corrected chi connectivity index (χ3v) is 4.86. The molecule has 2 rings (SSSR count). The van der Waals surface area contributed by atoms with Crippen LogP contribution in [0.25, 0.3) is 6.08 Å². The standard InChI is InChI=1S/C22H25NO5S/c1-6-27-20(25)17-14(2)18(21(26)28-22(3,4)5)29-19(17)23-16(24)13-12-15-10-8-7-9-11-15/h7-13H,6H2,1-5H3,(H,23,24)/b13-12+. The van der Waals surface area contributed by atoms with E-state index in [2.05, 4.69) is 5.32 Å². The zero-order valence-electron chi connectivity index (χ0n) is 17.2. The normalized spacial score (nSPS) is 11.3. The summed E-state index contributed by atoms with van der Waals surface area (Å²) in [6.07, 6.45) is 3.03. The maximum atomic E-state index is 12.5. The minimum Gasteiger partial charge on any atom is -0.462 e. The molecule has 29 heavy (non-hydrogen) atoms. The molecule has 1 aromatic carbocycles. The average molecular weight is 416 g/mol. The van der Waals surface area contributed by atoms with Gasteiger partial charge in [0.15, 0.2) is 0 Å². The van der Waals surface area contributed by atoms with Crippen molar-refractivity contribution in [1.82, 2.24) is 0 Å². The Kier molecular flexibility index (Phi) is 7.34. The van der Waals surface area contributed by atoms with E-state index < -0.39 is 23.4 Å². The van der Waals surface area contributed by atoms with E-state index in [9.17, 15) is 14.4 Å². The summed E-state index contributed by atoms with van der Waals surface area (Å²) >= 11 is 0.998. The highest BCUT2D eigenvalue weighted by Gasteiger charge is 2.29. The first kappa shape index (κ1) is 22.4. The van der Waals surface area contributed by atoms with Crippen molar-refractivity contribution in [3.8, 4) is 0 Å². The summed E-state index contributed by atoms with van der Waals surface area (Å²) in [4.78, 5) is 37.6. The van der Waals surface area contributed by atoms with Crippen molar-refractivity contribution in [3.63, 3.8) is 0 Å². The number of nitrogens with one attached hydrogen (secondary N) is 1. The molecule has 154 valence electrons. The van der Waals surface area contributed by atoms with E-state index >= 15 is 0 Å². The quantitative estimate of drug-likeness (QED) is 0.539. The molecule has 0 aliphatic heterocycles. The SMILES string of the molecule is CCOC(=O)c1c(NC(=O)/C=C/c2ccccc2)sc(C(=O)OC(C)(C)C)c1C. The predicted molar refractivity (Wildman–Crippen MR) is 114 cm³/mol. The number of thiophene rings is 1. The first-order valence-electron chi connectivity index (χ1n) is 9.20. The lowest BCUT2D eigenvalue weighted by molar-refractivity contribution is -0.111. The molecule has 0 aliphatic rings. The first-order chi connectivity index (χ1) is 13.6. The molecule has 0 saturated carbocycles. The Bertz CT molecular complexity index is 923. The molecule has 0 bridgehead atoms. The van der Waals surface area contributed by atoms with Gasteiger partial charge >= 0.3 is 11.9 Å². The molecular formula is C22H25NO5S. The number of hydrogen-bond acceptors (Lipinski definition) is 6. The zero-order valence-corrected chi connectivity index (χ0v) is 18.0. The van der Waals surface area contributed by atoms with Gasteiger partial charge in [-0.2, -0.15) is 0 Å². The lowest BCUT2D eigenvalue weighted by Gasteiger charge is -2.19. The van der Waals surface area contributed by atoms with Crippen molar-refractivity contribution < 1.29 is 23.9 Å². The minimum atomic E-state index is -0.681. The fourth-order valence-electron chi connectivity index (χ4n) is 2.46. The fraction of sp³-hybridized carbons (Fsp3) is 0.318. The van der Waals surface area contributed by atoms with Gasteiger partial charge in [0.25, 0.3) is 0 Å². The fourth-order valence-corrected chi connectivity index (χ4v) is 3.53. The van der Waals surface area contributed by atoms with Gasteiger partial charge in [-0.1, -0.05) is 30.3 Å². The van der Waals surface area contributed by atoms with E-state index in [-0.39, 0.29) is 22.0 Å². The Hall–Kier alpha value is -2.93. The predicted octanol–water partition coefficient (Wildman–Crippen LogP) is 4.84. The average Bonchev–Trinajstić information content (AvgIpc) is 2.96. The van der Waals surface area contributed by atoms with Crippen LogP contribution in [0, 0.1) is 6.92 Å². The second-order valence-electron chi connectivity index (χ2n) is 7.22. The highest BCUT2D eigenvalue weighted by molar-refractivity contribution is 7.18. The van der Waals surface area contributed by atoms with Crippen molar-refractivity contribution in [2.24, 2.45) is 0 Å². The molecule has 0 atom stereocenters. The van der Waals surface area contributed by atoms with Gasteiger partial charge in [-0.25, -0.2) is 9.59 Å². The number of amides is 1. The van der Waals surface area contributed by atoms with Crippen LogP contribution in [-0.4, -0.2) is 30.1 Å². The minimum absolute atomic E-state index is 0.166. The Morgan fingerprint density at radius 2 is 1.76 bits per heavy atom. The molecule has 0 unspecified atom stereocenters. The molecule has 1 aromatic heterocycles. The lowest BCUT2D eigenvalue weighted by atomic mass is 10.1. The summed E-state index contributed by atoms with van der Waals surface area (Å²) in [7, 11) is 0. The summed E-state index contributed by atoms with van der Waals surface area (Å²) in [6.45, 7) is 8.79. The van der Waals surface area contributed by atoms with Crippen LogP contribution in [0.3, 0.4) is 0 Å². The Morgan fingerprint density at radius 3 is 2.34 bits per heavy atom. The van der Waals surface area contributed by atoms with E-state index in [4.69, 9.17) is 9.47 Å². The number of rotatable bonds is 6. The number of esters is 2. The van der Waals surface area contributed by atoms with Crippen LogP contribution >= 0.6 is 11.3 Å².